The van der Waals surface area contributed by atoms with Crippen molar-refractivity contribution >= 4 is 11.9 Å². The smallest absolute Gasteiger partial charge is 0.211 e. The highest BCUT2D eigenvalue weighted by Crippen LogP contribution is 1.96. The minimum Gasteiger partial charge on any atom is -0.353 e. The number of para-hydroxylation sites is 1. The highest BCUT2D eigenvalue weighted by Gasteiger charge is 2.15. The van der Waals surface area contributed by atoms with E-state index in [1.54, 1.807) is 6.08 Å². The lowest BCUT2D eigenvalue weighted by Gasteiger charge is -2.09. The van der Waals surface area contributed by atoms with Crippen LogP contribution in [0.15, 0.2) is 29.3 Å². The van der Waals surface area contributed by atoms with Crippen LogP contribution in [0.25, 0.3) is 6.08 Å². The number of ether oxygens (including phenoxy) is 1. The number of rotatable bonds is 1. The van der Waals surface area contributed by atoms with Gasteiger partial charge < -0.3 is 4.74 Å². The first-order chi connectivity index (χ1) is 6.31. The molecule has 0 N–H and O–H groups in total. The van der Waals surface area contributed by atoms with Gasteiger partial charge in [-0.3, -0.25) is 4.79 Å². The van der Waals surface area contributed by atoms with Crippen molar-refractivity contribution in [2.45, 2.75) is 6.23 Å². The van der Waals surface area contributed by atoms with Crippen LogP contribution in [0.2, 0.25) is 0 Å². The predicted molar refractivity (Wildman–Crippen MR) is 47.5 cm³/mol. The van der Waals surface area contributed by atoms with E-state index in [2.05, 4.69) is 4.99 Å². The summed E-state index contributed by atoms with van der Waals surface area (Å²) in [6.07, 6.45) is 0.908. The molecule has 0 saturated heterocycles. The lowest BCUT2D eigenvalue weighted by atomic mass is 10.2. The molecule has 2 rings (SSSR count). The van der Waals surface area contributed by atoms with Crippen LogP contribution in [0.3, 0.4) is 0 Å². The van der Waals surface area contributed by atoms with Gasteiger partial charge in [0.05, 0.1) is 5.36 Å². The topological polar surface area (TPSA) is 38.7 Å². The Balaban J connectivity index is 2.66. The number of hydrogen-bond acceptors (Lipinski definition) is 3. The maximum absolute atomic E-state index is 11.3. The summed E-state index contributed by atoms with van der Waals surface area (Å²) in [4.78, 5) is 15.5. The molecule has 0 bridgehead atoms. The third kappa shape index (κ3) is 1.38. The number of hydrogen-bond donors (Lipinski definition) is 0. The van der Waals surface area contributed by atoms with E-state index in [0.717, 1.165) is 10.6 Å². The fraction of sp³-hybridized carbons (Fsp3) is 0.200. The second-order valence-electron chi connectivity index (χ2n) is 2.82. The Morgan fingerprint density at radius 2 is 2.15 bits per heavy atom. The molecule has 0 amide bonds. The normalized spacial score (nSPS) is 20.1. The largest absolute Gasteiger partial charge is 0.353 e. The van der Waals surface area contributed by atoms with Crippen LogP contribution < -0.4 is 10.6 Å². The van der Waals surface area contributed by atoms with Crippen molar-refractivity contribution in [1.29, 1.82) is 0 Å². The van der Waals surface area contributed by atoms with E-state index >= 15 is 0 Å². The van der Waals surface area contributed by atoms with Gasteiger partial charge in [-0.2, -0.15) is 0 Å². The molecule has 1 aromatic carbocycles. The lowest BCUT2D eigenvalue weighted by Crippen LogP contribution is -2.36. The molecule has 1 heterocycles. The van der Waals surface area contributed by atoms with E-state index < -0.39 is 6.23 Å². The van der Waals surface area contributed by atoms with Gasteiger partial charge in [-0.15, -0.1) is 0 Å². The van der Waals surface area contributed by atoms with Crippen molar-refractivity contribution in [3.63, 3.8) is 0 Å². The summed E-state index contributed by atoms with van der Waals surface area (Å²) in [5.41, 5.74) is 0. The van der Waals surface area contributed by atoms with Crippen molar-refractivity contribution in [3.8, 4) is 0 Å². The van der Waals surface area contributed by atoms with E-state index in [4.69, 9.17) is 4.74 Å². The first-order valence-corrected chi connectivity index (χ1v) is 4.02. The molecule has 1 unspecified atom stereocenters. The molecular weight excluding hydrogens is 166 g/mol. The SMILES string of the molecule is COC1N=c2ccccc2=CC1=O. The van der Waals surface area contributed by atoms with Crippen LogP contribution in [0.1, 0.15) is 0 Å². The maximum Gasteiger partial charge on any atom is 0.211 e. The van der Waals surface area contributed by atoms with Crippen molar-refractivity contribution < 1.29 is 9.53 Å². The minimum absolute atomic E-state index is 0.0961. The van der Waals surface area contributed by atoms with E-state index in [1.807, 2.05) is 24.3 Å². The van der Waals surface area contributed by atoms with E-state index in [-0.39, 0.29) is 5.78 Å². The molecule has 0 aliphatic carbocycles. The van der Waals surface area contributed by atoms with Crippen molar-refractivity contribution in [2.75, 3.05) is 7.11 Å². The van der Waals surface area contributed by atoms with Crippen LogP contribution >= 0.6 is 0 Å². The second kappa shape index (κ2) is 3.11. The van der Waals surface area contributed by atoms with Gasteiger partial charge in [0.1, 0.15) is 0 Å². The molecule has 0 saturated carbocycles. The van der Waals surface area contributed by atoms with Crippen LogP contribution in [-0.4, -0.2) is 19.1 Å². The number of carbonyl (C=O) groups excluding carboxylic acids is 1. The van der Waals surface area contributed by atoms with Gasteiger partial charge in [0.15, 0.2) is 0 Å². The summed E-state index contributed by atoms with van der Waals surface area (Å²) in [6, 6.07) is 7.50. The van der Waals surface area contributed by atoms with Gasteiger partial charge in [0, 0.05) is 12.3 Å². The quantitative estimate of drug-likeness (QED) is 0.584. The Labute approximate surface area is 75.4 Å². The molecule has 0 radical (unpaired) electrons. The zero-order valence-electron chi connectivity index (χ0n) is 7.23. The zero-order chi connectivity index (χ0) is 9.26. The standard InChI is InChI=1S/C10H9NO2/c1-13-10-9(12)6-7-4-2-3-5-8(7)11-10/h2-6,10H,1H3. The zero-order valence-corrected chi connectivity index (χ0v) is 7.23. The monoisotopic (exact) mass is 175 g/mol. The van der Waals surface area contributed by atoms with Crippen LogP contribution in [0.4, 0.5) is 0 Å². The maximum atomic E-state index is 11.3. The second-order valence-corrected chi connectivity index (χ2v) is 2.82. The van der Waals surface area contributed by atoms with Gasteiger partial charge in [0.25, 0.3) is 0 Å². The molecule has 1 atom stereocenters. The van der Waals surface area contributed by atoms with E-state index in [0.29, 0.717) is 0 Å². The number of Topliss-reactive ketones (excluding diaryl/α,β-unsaturated/α-hetero) is 1. The summed E-state index contributed by atoms with van der Waals surface area (Å²) in [5, 5.41) is 1.68. The van der Waals surface area contributed by atoms with E-state index in [1.165, 1.54) is 7.11 Å². The van der Waals surface area contributed by atoms with Gasteiger partial charge >= 0.3 is 0 Å². The summed E-state index contributed by atoms with van der Waals surface area (Å²) in [7, 11) is 1.48. The molecule has 1 aromatic rings. The number of benzene rings is 1. The van der Waals surface area contributed by atoms with Crippen molar-refractivity contribution in [2.24, 2.45) is 4.99 Å². The molecule has 1 aliphatic rings. The number of ketones is 1. The van der Waals surface area contributed by atoms with Crippen molar-refractivity contribution in [3.05, 3.63) is 34.8 Å². The van der Waals surface area contributed by atoms with E-state index in [9.17, 15) is 4.79 Å². The summed E-state index contributed by atoms with van der Waals surface area (Å²) < 4.78 is 4.91. The summed E-state index contributed by atoms with van der Waals surface area (Å²) >= 11 is 0. The Morgan fingerprint density at radius 1 is 1.38 bits per heavy atom. The van der Waals surface area contributed by atoms with Crippen LogP contribution in [0, 0.1) is 0 Å². The third-order valence-electron chi connectivity index (χ3n) is 1.96. The summed E-state index contributed by atoms with van der Waals surface area (Å²) in [6.45, 7) is 0. The first kappa shape index (κ1) is 8.13. The van der Waals surface area contributed by atoms with Gasteiger partial charge in [-0.05, 0) is 12.1 Å². The number of methoxy groups -OCH3 is 1. The van der Waals surface area contributed by atoms with Gasteiger partial charge in [-0.25, -0.2) is 4.99 Å². The molecule has 0 spiro atoms. The van der Waals surface area contributed by atoms with Crippen molar-refractivity contribution in [1.82, 2.24) is 0 Å². The first-order valence-electron chi connectivity index (χ1n) is 4.02. The molecular formula is C10H9NO2. The average Bonchev–Trinajstić information content (AvgIpc) is 2.17. The fourth-order valence-electron chi connectivity index (χ4n) is 1.31. The number of nitrogens with zero attached hydrogens (tertiary/aromatic N) is 1. The molecule has 13 heavy (non-hydrogen) atoms. The molecule has 66 valence electrons. The predicted octanol–water partition coefficient (Wildman–Crippen LogP) is -0.358. The molecule has 1 aliphatic heterocycles. The number of fused-ring (bicyclic) bond motifs is 1. The Kier molecular flexibility index (Phi) is 1.94. The van der Waals surface area contributed by atoms with Gasteiger partial charge in [-0.1, -0.05) is 18.2 Å². The number of carbonyl (C=O) groups is 1. The summed E-state index contributed by atoms with van der Waals surface area (Å²) in [5.74, 6) is -0.0961. The molecule has 0 aromatic heterocycles. The minimum atomic E-state index is -0.658. The lowest BCUT2D eigenvalue weighted by molar-refractivity contribution is -0.122. The average molecular weight is 175 g/mol. The van der Waals surface area contributed by atoms with Crippen LogP contribution in [-0.2, 0) is 9.53 Å². The molecule has 3 heteroatoms. The fourth-order valence-corrected chi connectivity index (χ4v) is 1.31. The Morgan fingerprint density at radius 3 is 2.92 bits per heavy atom. The highest BCUT2D eigenvalue weighted by atomic mass is 16.5. The highest BCUT2D eigenvalue weighted by molar-refractivity contribution is 6.09. The van der Waals surface area contributed by atoms with Gasteiger partial charge in [0.2, 0.25) is 12.0 Å². The Bertz CT molecular complexity index is 450. The molecule has 0 fully saturated rings. The van der Waals surface area contributed by atoms with Crippen LogP contribution in [0.5, 0.6) is 0 Å². The molecule has 3 nitrogen and oxygen atoms in total. The Hall–Kier alpha value is -1.48. The third-order valence-corrected chi connectivity index (χ3v) is 1.96.